The molecule has 3 atom stereocenters. The lowest BCUT2D eigenvalue weighted by atomic mass is 9.85. The molecule has 1 rings (SSSR count). The standard InChI is InChI=1S/C9H18N2O3/c1-4-14-7-5-6(8(7)13-3)11-9(12)10-2/h6-8H,4-5H2,1-3H3,(H2,10,11,12). The maximum absolute atomic E-state index is 11.0. The average molecular weight is 202 g/mol. The van der Waals surface area contributed by atoms with E-state index >= 15 is 0 Å². The highest BCUT2D eigenvalue weighted by Gasteiger charge is 2.42. The van der Waals surface area contributed by atoms with Gasteiger partial charge >= 0.3 is 6.03 Å². The Morgan fingerprint density at radius 1 is 1.57 bits per heavy atom. The van der Waals surface area contributed by atoms with Gasteiger partial charge in [0.05, 0.1) is 12.1 Å². The van der Waals surface area contributed by atoms with E-state index < -0.39 is 0 Å². The molecule has 1 saturated carbocycles. The zero-order valence-corrected chi connectivity index (χ0v) is 8.87. The molecule has 2 N–H and O–H groups in total. The Bertz CT molecular complexity index is 198. The molecule has 82 valence electrons. The molecule has 0 aromatic carbocycles. The van der Waals surface area contributed by atoms with Crippen LogP contribution in [0.3, 0.4) is 0 Å². The third-order valence-corrected chi connectivity index (χ3v) is 2.45. The summed E-state index contributed by atoms with van der Waals surface area (Å²) in [7, 11) is 3.23. The minimum Gasteiger partial charge on any atom is -0.377 e. The van der Waals surface area contributed by atoms with Crippen molar-refractivity contribution >= 4 is 6.03 Å². The van der Waals surface area contributed by atoms with E-state index in [4.69, 9.17) is 9.47 Å². The Morgan fingerprint density at radius 2 is 2.29 bits per heavy atom. The molecule has 0 aliphatic heterocycles. The van der Waals surface area contributed by atoms with E-state index in [1.807, 2.05) is 6.92 Å². The predicted octanol–water partition coefficient (Wildman–Crippen LogP) is 0.108. The number of hydrogen-bond donors (Lipinski definition) is 2. The van der Waals surface area contributed by atoms with Gasteiger partial charge in [-0.1, -0.05) is 0 Å². The molecule has 0 aromatic heterocycles. The summed E-state index contributed by atoms with van der Waals surface area (Å²) in [5.74, 6) is 0. The topological polar surface area (TPSA) is 59.6 Å². The van der Waals surface area contributed by atoms with Crippen LogP contribution in [-0.2, 0) is 9.47 Å². The molecule has 5 nitrogen and oxygen atoms in total. The van der Waals surface area contributed by atoms with Crippen LogP contribution in [0.4, 0.5) is 4.79 Å². The number of carbonyl (C=O) groups excluding carboxylic acids is 1. The highest BCUT2D eigenvalue weighted by Crippen LogP contribution is 2.26. The van der Waals surface area contributed by atoms with Gasteiger partial charge in [0, 0.05) is 20.8 Å². The van der Waals surface area contributed by atoms with E-state index in [1.54, 1.807) is 14.2 Å². The molecule has 5 heteroatoms. The predicted molar refractivity (Wildman–Crippen MR) is 52.2 cm³/mol. The van der Waals surface area contributed by atoms with Gasteiger partial charge < -0.3 is 20.1 Å². The van der Waals surface area contributed by atoms with Crippen molar-refractivity contribution in [2.45, 2.75) is 31.6 Å². The smallest absolute Gasteiger partial charge is 0.314 e. The van der Waals surface area contributed by atoms with Crippen LogP contribution in [0.1, 0.15) is 13.3 Å². The third kappa shape index (κ3) is 2.36. The quantitative estimate of drug-likeness (QED) is 0.680. The lowest BCUT2D eigenvalue weighted by Gasteiger charge is -2.43. The molecule has 1 fully saturated rings. The zero-order valence-electron chi connectivity index (χ0n) is 8.87. The SMILES string of the molecule is CCOC1CC(NC(=O)NC)C1OC. The van der Waals surface area contributed by atoms with E-state index in [0.717, 1.165) is 6.42 Å². The maximum Gasteiger partial charge on any atom is 0.314 e. The number of urea groups is 1. The Labute approximate surface area is 84.1 Å². The van der Waals surface area contributed by atoms with Crippen molar-refractivity contribution in [3.63, 3.8) is 0 Å². The molecule has 3 unspecified atom stereocenters. The highest BCUT2D eigenvalue weighted by atomic mass is 16.5. The van der Waals surface area contributed by atoms with Crippen molar-refractivity contribution in [3.8, 4) is 0 Å². The lowest BCUT2D eigenvalue weighted by molar-refractivity contribution is -0.128. The minimum atomic E-state index is -0.174. The van der Waals surface area contributed by atoms with Gasteiger partial charge in [0.25, 0.3) is 0 Å². The molecule has 0 aromatic rings. The van der Waals surface area contributed by atoms with Crippen LogP contribution >= 0.6 is 0 Å². The summed E-state index contributed by atoms with van der Waals surface area (Å²) in [4.78, 5) is 11.0. The molecule has 0 bridgehead atoms. The van der Waals surface area contributed by atoms with Gasteiger partial charge in [-0.15, -0.1) is 0 Å². The summed E-state index contributed by atoms with van der Waals surface area (Å²) in [6.45, 7) is 2.63. The zero-order chi connectivity index (χ0) is 10.6. The van der Waals surface area contributed by atoms with Crippen molar-refractivity contribution in [2.75, 3.05) is 20.8 Å². The molecule has 1 aliphatic carbocycles. The highest BCUT2D eigenvalue weighted by molar-refractivity contribution is 5.74. The summed E-state index contributed by atoms with van der Waals surface area (Å²) in [6.07, 6.45) is 0.916. The van der Waals surface area contributed by atoms with Crippen molar-refractivity contribution in [3.05, 3.63) is 0 Å². The van der Waals surface area contributed by atoms with E-state index in [-0.39, 0.29) is 24.3 Å². The van der Waals surface area contributed by atoms with Gasteiger partial charge in [-0.3, -0.25) is 0 Å². The van der Waals surface area contributed by atoms with E-state index in [2.05, 4.69) is 10.6 Å². The average Bonchev–Trinajstić information content (AvgIpc) is 2.16. The first-order valence-electron chi connectivity index (χ1n) is 4.85. The molecule has 2 amide bonds. The number of amides is 2. The second kappa shape index (κ2) is 5.17. The van der Waals surface area contributed by atoms with Gasteiger partial charge in [-0.25, -0.2) is 4.79 Å². The van der Waals surface area contributed by atoms with Crippen LogP contribution in [0, 0.1) is 0 Å². The van der Waals surface area contributed by atoms with Crippen LogP contribution in [0.5, 0.6) is 0 Å². The summed E-state index contributed by atoms with van der Waals surface area (Å²) >= 11 is 0. The first kappa shape index (κ1) is 11.3. The Kier molecular flexibility index (Phi) is 4.16. The molecule has 0 saturated heterocycles. The first-order valence-corrected chi connectivity index (χ1v) is 4.85. The summed E-state index contributed by atoms with van der Waals surface area (Å²) in [6, 6.07) is -0.108. The van der Waals surface area contributed by atoms with E-state index in [9.17, 15) is 4.79 Å². The van der Waals surface area contributed by atoms with Crippen LogP contribution in [0.2, 0.25) is 0 Å². The van der Waals surface area contributed by atoms with Crippen LogP contribution in [0.25, 0.3) is 0 Å². The number of rotatable bonds is 4. The Morgan fingerprint density at radius 3 is 2.79 bits per heavy atom. The van der Waals surface area contributed by atoms with E-state index in [0.29, 0.717) is 6.61 Å². The number of methoxy groups -OCH3 is 1. The maximum atomic E-state index is 11.0. The summed E-state index contributed by atoms with van der Waals surface area (Å²) in [5.41, 5.74) is 0. The monoisotopic (exact) mass is 202 g/mol. The van der Waals surface area contributed by atoms with Gasteiger partial charge in [-0.05, 0) is 13.3 Å². The molecule has 0 radical (unpaired) electrons. The Hall–Kier alpha value is -0.810. The van der Waals surface area contributed by atoms with Crippen molar-refractivity contribution < 1.29 is 14.3 Å². The fraction of sp³-hybridized carbons (Fsp3) is 0.889. The van der Waals surface area contributed by atoms with Crippen LogP contribution in [-0.4, -0.2) is 45.0 Å². The molecular weight excluding hydrogens is 184 g/mol. The Balaban J connectivity index is 2.32. The lowest BCUT2D eigenvalue weighted by Crippen LogP contribution is -2.62. The molecule has 0 spiro atoms. The minimum absolute atomic E-state index is 0.0211. The fourth-order valence-electron chi connectivity index (χ4n) is 1.66. The largest absolute Gasteiger partial charge is 0.377 e. The van der Waals surface area contributed by atoms with Gasteiger partial charge in [0.15, 0.2) is 0 Å². The normalized spacial score (nSPS) is 30.6. The number of hydrogen-bond acceptors (Lipinski definition) is 3. The van der Waals surface area contributed by atoms with Crippen LogP contribution in [0.15, 0.2) is 0 Å². The summed E-state index contributed by atoms with van der Waals surface area (Å²) < 4.78 is 10.7. The fourth-order valence-corrected chi connectivity index (χ4v) is 1.66. The van der Waals surface area contributed by atoms with Crippen molar-refractivity contribution in [1.82, 2.24) is 10.6 Å². The summed E-state index contributed by atoms with van der Waals surface area (Å²) in [5, 5.41) is 5.31. The molecular formula is C9H18N2O3. The number of ether oxygens (including phenoxy) is 2. The number of nitrogens with one attached hydrogen (secondary N) is 2. The molecule has 1 aliphatic rings. The second-order valence-corrected chi connectivity index (χ2v) is 3.26. The van der Waals surface area contributed by atoms with E-state index in [1.165, 1.54) is 0 Å². The van der Waals surface area contributed by atoms with Gasteiger partial charge in [-0.2, -0.15) is 0 Å². The first-order chi connectivity index (χ1) is 6.72. The van der Waals surface area contributed by atoms with Crippen molar-refractivity contribution in [2.24, 2.45) is 0 Å². The van der Waals surface area contributed by atoms with Crippen molar-refractivity contribution in [1.29, 1.82) is 0 Å². The van der Waals surface area contributed by atoms with Gasteiger partial charge in [0.1, 0.15) is 6.10 Å². The second-order valence-electron chi connectivity index (χ2n) is 3.26. The molecule has 14 heavy (non-hydrogen) atoms. The molecule has 0 heterocycles. The number of carbonyl (C=O) groups is 1. The van der Waals surface area contributed by atoms with Crippen LogP contribution < -0.4 is 10.6 Å². The van der Waals surface area contributed by atoms with Gasteiger partial charge in [0.2, 0.25) is 0 Å². The third-order valence-electron chi connectivity index (χ3n) is 2.45.